The fourth-order valence-electron chi connectivity index (χ4n) is 1.93. The van der Waals surface area contributed by atoms with Crippen molar-refractivity contribution in [1.82, 2.24) is 15.3 Å². The zero-order chi connectivity index (χ0) is 16.5. The van der Waals surface area contributed by atoms with Gasteiger partial charge in [0.05, 0.1) is 22.0 Å². The van der Waals surface area contributed by atoms with Crippen LogP contribution in [0, 0.1) is 0 Å². The molecule has 0 saturated carbocycles. The summed E-state index contributed by atoms with van der Waals surface area (Å²) < 4.78 is 5.18. The number of H-pyrrole nitrogens is 1. The molecule has 1 atom stereocenters. The van der Waals surface area contributed by atoms with E-state index >= 15 is 0 Å². The Kier molecular flexibility index (Phi) is 4.42. The van der Waals surface area contributed by atoms with Gasteiger partial charge >= 0.3 is 6.09 Å². The molecule has 0 radical (unpaired) electrons. The van der Waals surface area contributed by atoms with E-state index in [1.807, 2.05) is 0 Å². The summed E-state index contributed by atoms with van der Waals surface area (Å²) >= 11 is 6.00. The number of aromatic nitrogens is 2. The van der Waals surface area contributed by atoms with Crippen LogP contribution in [0.1, 0.15) is 39.6 Å². The smallest absolute Gasteiger partial charge is 0.408 e. The van der Waals surface area contributed by atoms with E-state index in [4.69, 9.17) is 16.3 Å². The van der Waals surface area contributed by atoms with Gasteiger partial charge in [-0.1, -0.05) is 17.7 Å². The first-order valence-corrected chi connectivity index (χ1v) is 7.23. The molecule has 22 heavy (non-hydrogen) atoms. The number of halogens is 1. The third-order valence-electron chi connectivity index (χ3n) is 2.84. The standard InChI is InChI=1S/C15H18ClN3O3/c1-8(17-14(21)22-15(2,3)4)12-18-10-7-5-6-9(16)11(10)13(20)19-12/h5-8H,1-4H3,(H,17,21)(H,18,19,20). The lowest BCUT2D eigenvalue weighted by Crippen LogP contribution is -2.35. The van der Waals surface area contributed by atoms with Crippen molar-refractivity contribution in [3.63, 3.8) is 0 Å². The van der Waals surface area contributed by atoms with Crippen LogP contribution in [-0.4, -0.2) is 21.7 Å². The number of alkyl carbamates (subject to hydrolysis) is 1. The predicted octanol–water partition coefficient (Wildman–Crippen LogP) is 3.16. The molecule has 0 aliphatic rings. The quantitative estimate of drug-likeness (QED) is 0.889. The Labute approximate surface area is 132 Å². The molecule has 0 saturated heterocycles. The van der Waals surface area contributed by atoms with Gasteiger partial charge in [0.2, 0.25) is 0 Å². The van der Waals surface area contributed by atoms with Crippen molar-refractivity contribution in [1.29, 1.82) is 0 Å². The molecule has 2 rings (SSSR count). The number of nitrogens with one attached hydrogen (secondary N) is 2. The van der Waals surface area contributed by atoms with Crippen molar-refractivity contribution in [2.75, 3.05) is 0 Å². The molecule has 1 amide bonds. The zero-order valence-electron chi connectivity index (χ0n) is 12.9. The Morgan fingerprint density at radius 3 is 2.73 bits per heavy atom. The summed E-state index contributed by atoms with van der Waals surface area (Å²) in [6, 6.07) is 4.53. The highest BCUT2D eigenvalue weighted by Gasteiger charge is 2.20. The van der Waals surface area contributed by atoms with E-state index < -0.39 is 17.7 Å². The van der Waals surface area contributed by atoms with Crippen LogP contribution in [0.2, 0.25) is 5.02 Å². The first kappa shape index (κ1) is 16.3. The van der Waals surface area contributed by atoms with Crippen LogP contribution in [0.4, 0.5) is 4.79 Å². The highest BCUT2D eigenvalue weighted by molar-refractivity contribution is 6.35. The zero-order valence-corrected chi connectivity index (χ0v) is 13.6. The molecule has 1 unspecified atom stereocenters. The Balaban J connectivity index is 2.28. The average molecular weight is 324 g/mol. The number of rotatable bonds is 2. The van der Waals surface area contributed by atoms with Crippen molar-refractivity contribution in [2.45, 2.75) is 39.3 Å². The highest BCUT2D eigenvalue weighted by atomic mass is 35.5. The second-order valence-corrected chi connectivity index (χ2v) is 6.36. The molecule has 0 bridgehead atoms. The van der Waals surface area contributed by atoms with Gasteiger partial charge in [-0.05, 0) is 39.8 Å². The highest BCUT2D eigenvalue weighted by Crippen LogP contribution is 2.19. The van der Waals surface area contributed by atoms with Crippen LogP contribution in [0.5, 0.6) is 0 Å². The van der Waals surface area contributed by atoms with E-state index in [1.165, 1.54) is 0 Å². The molecule has 1 aromatic carbocycles. The van der Waals surface area contributed by atoms with Gasteiger partial charge in [-0.3, -0.25) is 4.79 Å². The Hall–Kier alpha value is -2.08. The van der Waals surface area contributed by atoms with Crippen molar-refractivity contribution < 1.29 is 9.53 Å². The van der Waals surface area contributed by atoms with Gasteiger partial charge in [-0.15, -0.1) is 0 Å². The topological polar surface area (TPSA) is 84.1 Å². The van der Waals surface area contributed by atoms with E-state index in [-0.39, 0.29) is 5.56 Å². The lowest BCUT2D eigenvalue weighted by Gasteiger charge is -2.21. The van der Waals surface area contributed by atoms with E-state index in [0.29, 0.717) is 21.7 Å². The number of benzene rings is 1. The minimum atomic E-state index is -0.596. The van der Waals surface area contributed by atoms with Crippen molar-refractivity contribution >= 4 is 28.6 Å². The third-order valence-corrected chi connectivity index (χ3v) is 3.16. The molecular weight excluding hydrogens is 306 g/mol. The molecule has 1 aromatic heterocycles. The second kappa shape index (κ2) is 5.96. The number of nitrogens with zero attached hydrogens (tertiary/aromatic N) is 1. The molecule has 2 aromatic rings. The molecule has 118 valence electrons. The summed E-state index contributed by atoms with van der Waals surface area (Å²) in [7, 11) is 0. The van der Waals surface area contributed by atoms with Crippen LogP contribution in [-0.2, 0) is 4.74 Å². The number of fused-ring (bicyclic) bond motifs is 1. The number of aromatic amines is 1. The predicted molar refractivity (Wildman–Crippen MR) is 85.2 cm³/mol. The van der Waals surface area contributed by atoms with Crippen LogP contribution in [0.15, 0.2) is 23.0 Å². The summed E-state index contributed by atoms with van der Waals surface area (Å²) in [5, 5.41) is 3.30. The van der Waals surface area contributed by atoms with Gasteiger partial charge in [0.25, 0.3) is 5.56 Å². The first-order chi connectivity index (χ1) is 10.2. The van der Waals surface area contributed by atoms with E-state index in [1.54, 1.807) is 45.9 Å². The number of carbonyl (C=O) groups excluding carboxylic acids is 1. The van der Waals surface area contributed by atoms with Gasteiger partial charge in [0, 0.05) is 0 Å². The third kappa shape index (κ3) is 3.76. The van der Waals surface area contributed by atoms with Gasteiger partial charge in [-0.2, -0.15) is 0 Å². The first-order valence-electron chi connectivity index (χ1n) is 6.85. The molecule has 0 aliphatic carbocycles. The Morgan fingerprint density at radius 1 is 1.41 bits per heavy atom. The van der Waals surface area contributed by atoms with Crippen LogP contribution in [0.3, 0.4) is 0 Å². The van der Waals surface area contributed by atoms with Crippen molar-refractivity contribution in [2.24, 2.45) is 0 Å². The largest absolute Gasteiger partial charge is 0.444 e. The molecule has 1 heterocycles. The number of hydrogen-bond acceptors (Lipinski definition) is 4. The molecule has 6 nitrogen and oxygen atoms in total. The summed E-state index contributed by atoms with van der Waals surface area (Å²) in [5.74, 6) is 0.339. The maximum Gasteiger partial charge on any atom is 0.408 e. The van der Waals surface area contributed by atoms with E-state index in [2.05, 4.69) is 15.3 Å². The van der Waals surface area contributed by atoms with E-state index in [9.17, 15) is 9.59 Å². The normalized spacial score (nSPS) is 13.0. The van der Waals surface area contributed by atoms with Crippen molar-refractivity contribution in [3.8, 4) is 0 Å². The molecular formula is C15H18ClN3O3. The lowest BCUT2D eigenvalue weighted by molar-refractivity contribution is 0.0506. The maximum absolute atomic E-state index is 12.1. The number of carbonyl (C=O) groups is 1. The van der Waals surface area contributed by atoms with Crippen LogP contribution >= 0.6 is 11.6 Å². The average Bonchev–Trinajstić information content (AvgIpc) is 2.35. The summed E-state index contributed by atoms with van der Waals surface area (Å²) in [4.78, 5) is 30.9. The Morgan fingerprint density at radius 2 is 2.09 bits per heavy atom. The Bertz CT molecular complexity index is 765. The monoisotopic (exact) mass is 323 g/mol. The molecule has 2 N–H and O–H groups in total. The fourth-order valence-corrected chi connectivity index (χ4v) is 2.18. The summed E-state index contributed by atoms with van der Waals surface area (Å²) in [6.07, 6.45) is -0.575. The molecule has 7 heteroatoms. The fraction of sp³-hybridized carbons (Fsp3) is 0.400. The van der Waals surface area contributed by atoms with Gasteiger partial charge in [0.1, 0.15) is 11.4 Å². The van der Waals surface area contributed by atoms with E-state index in [0.717, 1.165) is 0 Å². The van der Waals surface area contributed by atoms with Gasteiger partial charge < -0.3 is 15.0 Å². The SMILES string of the molecule is CC(NC(=O)OC(C)(C)C)c1nc2cccc(Cl)c2c(=O)[nH]1. The lowest BCUT2D eigenvalue weighted by atomic mass is 10.2. The summed E-state index contributed by atoms with van der Waals surface area (Å²) in [6.45, 7) is 7.03. The molecule has 0 fully saturated rings. The molecule has 0 spiro atoms. The van der Waals surface area contributed by atoms with Crippen molar-refractivity contribution in [3.05, 3.63) is 39.4 Å². The maximum atomic E-state index is 12.1. The van der Waals surface area contributed by atoms with Gasteiger partial charge in [0.15, 0.2) is 0 Å². The second-order valence-electron chi connectivity index (χ2n) is 5.95. The minimum absolute atomic E-state index is 0.331. The number of ether oxygens (including phenoxy) is 1. The van der Waals surface area contributed by atoms with Gasteiger partial charge in [-0.25, -0.2) is 9.78 Å². The minimum Gasteiger partial charge on any atom is -0.444 e. The summed E-state index contributed by atoms with van der Waals surface area (Å²) in [5.41, 5.74) is -0.464. The molecule has 0 aliphatic heterocycles. The van der Waals surface area contributed by atoms with Crippen LogP contribution < -0.4 is 10.9 Å². The van der Waals surface area contributed by atoms with Crippen LogP contribution in [0.25, 0.3) is 10.9 Å². The number of amides is 1. The number of hydrogen-bond donors (Lipinski definition) is 2.